The third-order valence-corrected chi connectivity index (χ3v) is 12.3. The molecule has 3 aliphatic rings. The van der Waals surface area contributed by atoms with E-state index in [0.29, 0.717) is 16.8 Å². The van der Waals surface area contributed by atoms with Crippen molar-refractivity contribution in [3.8, 4) is 5.75 Å². The average Bonchev–Trinajstić information content (AvgIpc) is 3.02. The fraction of sp³-hybridized carbons (Fsp3) is 0.441. The standard InChI is InChI=1S/C34H41IN3O10P/c1-7-47-49(46,48-8-2)33(17-12-10-9-11-13-17)36-21-16-22(37(3)4)19-14-18-15-20-26(38(5)6)29(41)25(32(35)44)31(43)34(20,45)30(42)23(18)28(40)24(19)27(21)39/h9-13,16,18,20,26,33,36,39,41-42,45H,7-8,14-15H2,1-6H3/t18-,20-,26-,33?,34-/m0/s1. The van der Waals surface area contributed by atoms with Gasteiger partial charge in [-0.05, 0) is 63.9 Å². The van der Waals surface area contributed by atoms with Crippen LogP contribution in [0.4, 0.5) is 11.4 Å². The zero-order chi connectivity index (χ0) is 36.2. The van der Waals surface area contributed by atoms with E-state index in [1.165, 1.54) is 22.6 Å². The summed E-state index contributed by atoms with van der Waals surface area (Å²) >= 11 is 1.34. The molecular weight excluding hydrogens is 768 g/mol. The highest BCUT2D eigenvalue weighted by atomic mass is 127. The number of benzene rings is 2. The number of fused-ring (bicyclic) bond motifs is 3. The van der Waals surface area contributed by atoms with Crippen molar-refractivity contribution in [3.63, 3.8) is 0 Å². The maximum Gasteiger partial charge on any atom is 0.357 e. The van der Waals surface area contributed by atoms with Gasteiger partial charge in [-0.3, -0.25) is 23.8 Å². The van der Waals surface area contributed by atoms with Crippen LogP contribution in [-0.4, -0.2) is 93.7 Å². The molecule has 2 aromatic carbocycles. The van der Waals surface area contributed by atoms with Gasteiger partial charge >= 0.3 is 7.60 Å². The Morgan fingerprint density at radius 3 is 2.22 bits per heavy atom. The highest BCUT2D eigenvalue weighted by Crippen LogP contribution is 2.62. The number of anilines is 2. The monoisotopic (exact) mass is 809 g/mol. The number of hydrogen-bond donors (Lipinski definition) is 5. The van der Waals surface area contributed by atoms with Crippen LogP contribution in [0.15, 0.2) is 59.1 Å². The lowest BCUT2D eigenvalue weighted by atomic mass is 9.58. The Balaban J connectivity index is 1.70. The average molecular weight is 810 g/mol. The summed E-state index contributed by atoms with van der Waals surface area (Å²) in [5, 5.41) is 49.8. The number of nitrogens with zero attached hydrogens (tertiary/aromatic N) is 2. The van der Waals surface area contributed by atoms with Gasteiger partial charge in [0.2, 0.25) is 9.57 Å². The number of Topliss-reactive ketones (excluding diaryl/α,β-unsaturated/α-hetero) is 2. The maximum absolute atomic E-state index is 14.5. The van der Waals surface area contributed by atoms with Crippen LogP contribution in [0, 0.1) is 11.8 Å². The van der Waals surface area contributed by atoms with Crippen LogP contribution in [0.2, 0.25) is 0 Å². The van der Waals surface area contributed by atoms with E-state index in [2.05, 4.69) is 5.32 Å². The number of carbonyl (C=O) groups is 3. The fourth-order valence-electron chi connectivity index (χ4n) is 7.43. The molecule has 0 amide bonds. The number of aliphatic hydroxyl groups is 3. The van der Waals surface area contributed by atoms with Crippen LogP contribution in [0.5, 0.6) is 5.75 Å². The van der Waals surface area contributed by atoms with Crippen molar-refractivity contribution >= 4 is 56.9 Å². The van der Waals surface area contributed by atoms with Gasteiger partial charge in [0.15, 0.2) is 17.2 Å². The number of hydrogen-bond acceptors (Lipinski definition) is 13. The van der Waals surface area contributed by atoms with Crippen molar-refractivity contribution in [2.24, 2.45) is 11.8 Å². The zero-order valence-electron chi connectivity index (χ0n) is 28.1. The molecule has 49 heavy (non-hydrogen) atoms. The van der Waals surface area contributed by atoms with Crippen LogP contribution < -0.4 is 10.2 Å². The smallest absolute Gasteiger partial charge is 0.357 e. The minimum atomic E-state index is -3.92. The molecule has 0 bridgehead atoms. The molecule has 264 valence electrons. The van der Waals surface area contributed by atoms with E-state index >= 15 is 0 Å². The molecule has 5 N–H and O–H groups in total. The number of halogens is 1. The number of aromatic hydroxyl groups is 1. The van der Waals surface area contributed by atoms with E-state index in [4.69, 9.17) is 9.05 Å². The summed E-state index contributed by atoms with van der Waals surface area (Å²) in [7, 11) is 2.83. The predicted molar refractivity (Wildman–Crippen MR) is 191 cm³/mol. The van der Waals surface area contributed by atoms with Gasteiger partial charge in [0.1, 0.15) is 22.8 Å². The largest absolute Gasteiger partial charge is 0.510 e. The summed E-state index contributed by atoms with van der Waals surface area (Å²) < 4.78 is 24.7. The lowest BCUT2D eigenvalue weighted by Gasteiger charge is -2.50. The molecule has 0 radical (unpaired) electrons. The Morgan fingerprint density at radius 2 is 1.69 bits per heavy atom. The van der Waals surface area contributed by atoms with Crippen molar-refractivity contribution < 1.29 is 48.4 Å². The summed E-state index contributed by atoms with van der Waals surface area (Å²) in [6, 6.07) is 9.36. The van der Waals surface area contributed by atoms with Crippen LogP contribution in [0.1, 0.15) is 47.5 Å². The van der Waals surface area contributed by atoms with Crippen LogP contribution in [0.3, 0.4) is 0 Å². The lowest BCUT2D eigenvalue weighted by Crippen LogP contribution is -2.63. The van der Waals surface area contributed by atoms with Gasteiger partial charge < -0.3 is 39.7 Å². The molecule has 15 heteroatoms. The molecule has 0 aliphatic heterocycles. The lowest BCUT2D eigenvalue weighted by molar-refractivity contribution is -0.147. The Morgan fingerprint density at radius 1 is 1.08 bits per heavy atom. The zero-order valence-corrected chi connectivity index (χ0v) is 31.1. The second-order valence-electron chi connectivity index (χ2n) is 12.7. The van der Waals surface area contributed by atoms with Gasteiger partial charge in [-0.2, -0.15) is 0 Å². The molecule has 0 spiro atoms. The molecular formula is C34H41IN3O10P. The highest BCUT2D eigenvalue weighted by molar-refractivity contribution is 14.1. The number of phenolic OH excluding ortho intramolecular Hbond substituents is 1. The Kier molecular flexibility index (Phi) is 10.4. The molecule has 3 aliphatic carbocycles. The van der Waals surface area contributed by atoms with Gasteiger partial charge in [0, 0.05) is 53.9 Å². The van der Waals surface area contributed by atoms with Gasteiger partial charge in [-0.25, -0.2) is 0 Å². The van der Waals surface area contributed by atoms with Gasteiger partial charge in [-0.15, -0.1) is 0 Å². The first-order valence-electron chi connectivity index (χ1n) is 15.9. The van der Waals surface area contributed by atoms with Gasteiger partial charge in [-0.1, -0.05) is 30.3 Å². The van der Waals surface area contributed by atoms with E-state index in [1.807, 2.05) is 0 Å². The molecule has 0 aromatic heterocycles. The minimum Gasteiger partial charge on any atom is -0.510 e. The molecule has 5 rings (SSSR count). The van der Waals surface area contributed by atoms with Gasteiger partial charge in [0.05, 0.1) is 30.5 Å². The first-order valence-corrected chi connectivity index (χ1v) is 18.5. The number of phenols is 1. The second-order valence-corrected chi connectivity index (χ2v) is 15.8. The van der Waals surface area contributed by atoms with E-state index in [-0.39, 0.29) is 42.9 Å². The molecule has 0 fully saturated rings. The van der Waals surface area contributed by atoms with E-state index in [9.17, 15) is 39.4 Å². The highest BCUT2D eigenvalue weighted by Gasteiger charge is 2.63. The van der Waals surface area contributed by atoms with Crippen LogP contribution in [-0.2, 0) is 29.6 Å². The van der Waals surface area contributed by atoms with E-state index < -0.39 is 75.1 Å². The number of likely N-dealkylation sites (N-methyl/N-ethyl adjacent to an activating group) is 1. The van der Waals surface area contributed by atoms with E-state index in [1.54, 1.807) is 88.2 Å². The number of nitrogens with one attached hydrogen (secondary N) is 1. The SMILES string of the molecule is CCOP(=O)(OCC)C(Nc1cc(N(C)C)c2c(c1O)C(=O)C1=C(O)[C@]3(O)C(=O)C(C(=O)I)=C(O)[C@@H](N(C)C)[C@@H]3C[C@@H]1C2)c1ccccc1. The summed E-state index contributed by atoms with van der Waals surface area (Å²) in [5.41, 5.74) is -2.20. The molecule has 13 nitrogen and oxygen atoms in total. The number of carbonyl (C=O) groups excluding carboxylic acids is 3. The molecule has 0 saturated carbocycles. The quantitative estimate of drug-likeness (QED) is 0.0669. The number of allylic oxidation sites excluding steroid dienone is 1. The topological polar surface area (TPSA) is 186 Å². The van der Waals surface area contributed by atoms with Crippen LogP contribution in [0.25, 0.3) is 0 Å². The molecule has 5 atom stereocenters. The fourth-order valence-corrected chi connectivity index (χ4v) is 9.88. The second kappa shape index (κ2) is 13.8. The van der Waals surface area contributed by atoms with Gasteiger partial charge in [0.25, 0.3) is 0 Å². The summed E-state index contributed by atoms with van der Waals surface area (Å²) in [6.45, 7) is 3.51. The van der Waals surface area contributed by atoms with Crippen molar-refractivity contribution in [1.82, 2.24) is 4.90 Å². The predicted octanol–water partition coefficient (Wildman–Crippen LogP) is 5.04. The normalized spacial score (nSPS) is 24.4. The number of rotatable bonds is 11. The Hall–Kier alpha value is -3.27. The first kappa shape index (κ1) is 37.0. The molecule has 0 heterocycles. The number of aliphatic hydroxyl groups excluding tert-OH is 2. The van der Waals surface area contributed by atoms with Crippen LogP contribution >= 0.6 is 30.2 Å². The summed E-state index contributed by atoms with van der Waals surface area (Å²) in [4.78, 5) is 44.0. The maximum atomic E-state index is 14.5. The van der Waals surface area contributed by atoms with Crippen molar-refractivity contribution in [2.75, 3.05) is 51.6 Å². The third-order valence-electron chi connectivity index (χ3n) is 9.47. The molecule has 2 aromatic rings. The first-order chi connectivity index (χ1) is 23.0. The minimum absolute atomic E-state index is 0.00194. The summed E-state index contributed by atoms with van der Waals surface area (Å²) in [6.07, 6.45) is 0.127. The third kappa shape index (κ3) is 5.99. The summed E-state index contributed by atoms with van der Waals surface area (Å²) in [5.74, 6) is -6.85. The molecule has 1 unspecified atom stereocenters. The van der Waals surface area contributed by atoms with Crippen molar-refractivity contribution in [2.45, 2.75) is 44.1 Å². The Labute approximate surface area is 298 Å². The van der Waals surface area contributed by atoms with Crippen molar-refractivity contribution in [3.05, 3.63) is 75.8 Å². The molecule has 0 saturated heterocycles. The number of ketones is 2. The van der Waals surface area contributed by atoms with E-state index in [0.717, 1.165) is 0 Å². The van der Waals surface area contributed by atoms with Crippen molar-refractivity contribution in [1.29, 1.82) is 0 Å². The Bertz CT molecular complexity index is 1800.